The van der Waals surface area contributed by atoms with Gasteiger partial charge in [-0.05, 0) is 30.3 Å². The fourth-order valence-electron chi connectivity index (χ4n) is 3.02. The molecule has 0 saturated carbocycles. The van der Waals surface area contributed by atoms with E-state index in [2.05, 4.69) is 5.32 Å². The number of carbonyl (C=O) groups is 5. The van der Waals surface area contributed by atoms with Crippen molar-refractivity contribution in [2.75, 3.05) is 14.1 Å². The predicted molar refractivity (Wildman–Crippen MR) is 94.9 cm³/mol. The molecule has 0 atom stereocenters. The van der Waals surface area contributed by atoms with Gasteiger partial charge in [0.15, 0.2) is 0 Å². The van der Waals surface area contributed by atoms with Crippen LogP contribution in [-0.2, 0) is 9.59 Å². The molecule has 2 aliphatic heterocycles. The van der Waals surface area contributed by atoms with Crippen LogP contribution >= 0.6 is 0 Å². The summed E-state index contributed by atoms with van der Waals surface area (Å²) in [7, 11) is 2.57. The zero-order chi connectivity index (χ0) is 20.2. The van der Waals surface area contributed by atoms with Crippen molar-refractivity contribution in [2.45, 2.75) is 0 Å². The number of nitrogens with one attached hydrogen (secondary N) is 1. The van der Waals surface area contributed by atoms with Gasteiger partial charge in [0.05, 0.1) is 11.1 Å². The average Bonchev–Trinajstić information content (AvgIpc) is 3.26. The molecule has 2 aliphatic rings. The van der Waals surface area contributed by atoms with E-state index in [0.717, 1.165) is 9.80 Å². The second-order valence-corrected chi connectivity index (χ2v) is 6.31. The molecule has 28 heavy (non-hydrogen) atoms. The highest BCUT2D eigenvalue weighted by atomic mass is 16.3. The molecule has 1 aromatic heterocycles. The molecule has 0 spiro atoms. The van der Waals surface area contributed by atoms with Crippen LogP contribution in [0, 0.1) is 0 Å². The molecule has 0 unspecified atom stereocenters. The van der Waals surface area contributed by atoms with Gasteiger partial charge >= 0.3 is 6.03 Å². The molecule has 4 rings (SSSR count). The molecule has 1 fully saturated rings. The SMILES string of the molecule is CN1C(=O)C(=Cc2ccc(-c3ccc4c(c3)C(=O)NC4=O)o2)C(=O)N(C)C1=O. The summed E-state index contributed by atoms with van der Waals surface area (Å²) < 4.78 is 5.67. The van der Waals surface area contributed by atoms with Gasteiger partial charge in [-0.2, -0.15) is 0 Å². The van der Waals surface area contributed by atoms with Crippen molar-refractivity contribution in [3.8, 4) is 11.3 Å². The minimum atomic E-state index is -0.723. The van der Waals surface area contributed by atoms with Gasteiger partial charge in [-0.3, -0.25) is 34.3 Å². The van der Waals surface area contributed by atoms with Crippen molar-refractivity contribution >= 4 is 35.7 Å². The molecular weight excluding hydrogens is 366 g/mol. The molecule has 0 radical (unpaired) electrons. The van der Waals surface area contributed by atoms with Gasteiger partial charge in [0, 0.05) is 19.7 Å². The molecule has 9 nitrogen and oxygen atoms in total. The minimum absolute atomic E-state index is 0.204. The van der Waals surface area contributed by atoms with E-state index in [-0.39, 0.29) is 22.5 Å². The maximum Gasteiger partial charge on any atom is 0.333 e. The first-order chi connectivity index (χ1) is 13.3. The number of imide groups is 3. The zero-order valence-corrected chi connectivity index (χ0v) is 14.8. The number of amides is 6. The summed E-state index contributed by atoms with van der Waals surface area (Å²) in [6, 6.07) is 7.14. The topological polar surface area (TPSA) is 117 Å². The average molecular weight is 379 g/mol. The van der Waals surface area contributed by atoms with Gasteiger partial charge in [-0.1, -0.05) is 6.07 Å². The molecule has 1 aromatic carbocycles. The third-order valence-electron chi connectivity index (χ3n) is 4.58. The largest absolute Gasteiger partial charge is 0.457 e. The smallest absolute Gasteiger partial charge is 0.333 e. The monoisotopic (exact) mass is 379 g/mol. The summed E-state index contributed by atoms with van der Waals surface area (Å²) in [5, 5.41) is 2.21. The van der Waals surface area contributed by atoms with Crippen molar-refractivity contribution in [1.82, 2.24) is 15.1 Å². The lowest BCUT2D eigenvalue weighted by atomic mass is 10.0. The van der Waals surface area contributed by atoms with Crippen LogP contribution in [0.25, 0.3) is 17.4 Å². The third kappa shape index (κ3) is 2.52. The highest BCUT2D eigenvalue weighted by Crippen LogP contribution is 2.28. The molecule has 0 aliphatic carbocycles. The zero-order valence-electron chi connectivity index (χ0n) is 14.8. The van der Waals surface area contributed by atoms with Crippen LogP contribution in [0.5, 0.6) is 0 Å². The fourth-order valence-corrected chi connectivity index (χ4v) is 3.02. The number of fused-ring (bicyclic) bond motifs is 1. The van der Waals surface area contributed by atoms with Crippen molar-refractivity contribution in [3.63, 3.8) is 0 Å². The Balaban J connectivity index is 1.68. The third-order valence-corrected chi connectivity index (χ3v) is 4.58. The number of hydrogen-bond acceptors (Lipinski definition) is 6. The van der Waals surface area contributed by atoms with Crippen molar-refractivity contribution in [1.29, 1.82) is 0 Å². The Labute approximate surface area is 158 Å². The molecular formula is C19H13N3O6. The second-order valence-electron chi connectivity index (χ2n) is 6.31. The van der Waals surface area contributed by atoms with Crippen LogP contribution in [0.4, 0.5) is 4.79 Å². The van der Waals surface area contributed by atoms with Crippen molar-refractivity contribution in [3.05, 3.63) is 52.8 Å². The maximum absolute atomic E-state index is 12.2. The lowest BCUT2D eigenvalue weighted by Crippen LogP contribution is -2.52. The van der Waals surface area contributed by atoms with Crippen LogP contribution in [0.2, 0.25) is 0 Å². The molecule has 1 saturated heterocycles. The van der Waals surface area contributed by atoms with Crippen LogP contribution in [0.15, 0.2) is 40.3 Å². The molecule has 1 N–H and O–H groups in total. The predicted octanol–water partition coefficient (Wildman–Crippen LogP) is 1.26. The van der Waals surface area contributed by atoms with Gasteiger partial charge in [-0.25, -0.2) is 4.79 Å². The van der Waals surface area contributed by atoms with Crippen LogP contribution < -0.4 is 5.32 Å². The van der Waals surface area contributed by atoms with Gasteiger partial charge in [0.2, 0.25) is 0 Å². The number of furan rings is 1. The van der Waals surface area contributed by atoms with E-state index in [9.17, 15) is 24.0 Å². The van der Waals surface area contributed by atoms with E-state index in [0.29, 0.717) is 11.3 Å². The molecule has 6 amide bonds. The molecule has 3 heterocycles. The number of barbiturate groups is 1. The second kappa shape index (κ2) is 6.02. The summed E-state index contributed by atoms with van der Waals surface area (Å²) in [6.07, 6.45) is 1.26. The summed E-state index contributed by atoms with van der Waals surface area (Å²) in [5.41, 5.74) is 0.887. The van der Waals surface area contributed by atoms with Crippen LogP contribution in [0.1, 0.15) is 26.5 Å². The maximum atomic E-state index is 12.2. The first-order valence-electron chi connectivity index (χ1n) is 8.19. The van der Waals surface area contributed by atoms with Gasteiger partial charge in [0.1, 0.15) is 17.1 Å². The van der Waals surface area contributed by atoms with E-state index in [1.807, 2.05) is 0 Å². The van der Waals surface area contributed by atoms with E-state index < -0.39 is 29.7 Å². The highest BCUT2D eigenvalue weighted by molar-refractivity contribution is 6.30. The summed E-state index contributed by atoms with van der Waals surface area (Å²) >= 11 is 0. The molecule has 9 heteroatoms. The number of benzene rings is 1. The standard InChI is InChI=1S/C19H13N3O6/c1-21-17(25)13(18(26)22(2)19(21)27)8-10-4-6-14(28-10)9-3-5-11-12(7-9)16(24)20-15(11)23/h3-8H,1-2H3,(H,20,23,24). The highest BCUT2D eigenvalue weighted by Gasteiger charge is 2.38. The summed E-state index contributed by atoms with van der Waals surface area (Å²) in [4.78, 5) is 61.4. The number of urea groups is 1. The van der Waals surface area contributed by atoms with Crippen molar-refractivity contribution in [2.24, 2.45) is 0 Å². The number of rotatable bonds is 2. The Bertz CT molecular complexity index is 1100. The number of nitrogens with zero attached hydrogens (tertiary/aromatic N) is 2. The summed E-state index contributed by atoms with van der Waals surface area (Å²) in [5.74, 6) is -1.77. The number of likely N-dealkylation sites (N-methyl/N-ethyl adjacent to an activating group) is 2. The van der Waals surface area contributed by atoms with Crippen LogP contribution in [-0.4, -0.2) is 53.6 Å². The van der Waals surface area contributed by atoms with Crippen LogP contribution in [0.3, 0.4) is 0 Å². The number of carbonyl (C=O) groups excluding carboxylic acids is 5. The Hall–Kier alpha value is -4.01. The Kier molecular flexibility index (Phi) is 3.74. The summed E-state index contributed by atoms with van der Waals surface area (Å²) in [6.45, 7) is 0. The molecule has 140 valence electrons. The Morgan fingerprint density at radius 1 is 0.857 bits per heavy atom. The van der Waals surface area contributed by atoms with Gasteiger partial charge < -0.3 is 4.42 Å². The minimum Gasteiger partial charge on any atom is -0.457 e. The van der Waals surface area contributed by atoms with E-state index >= 15 is 0 Å². The lowest BCUT2D eigenvalue weighted by molar-refractivity contribution is -0.134. The Morgan fingerprint density at radius 3 is 2.18 bits per heavy atom. The quantitative estimate of drug-likeness (QED) is 0.477. The van der Waals surface area contributed by atoms with E-state index in [1.165, 1.54) is 32.3 Å². The first kappa shape index (κ1) is 17.4. The first-order valence-corrected chi connectivity index (χ1v) is 8.19. The Morgan fingerprint density at radius 2 is 1.50 bits per heavy atom. The normalized spacial score (nSPS) is 16.6. The molecule has 0 bridgehead atoms. The van der Waals surface area contributed by atoms with Gasteiger partial charge in [0.25, 0.3) is 23.6 Å². The van der Waals surface area contributed by atoms with Crippen molar-refractivity contribution < 1.29 is 28.4 Å². The fraction of sp³-hybridized carbons (Fsp3) is 0.105. The van der Waals surface area contributed by atoms with E-state index in [1.54, 1.807) is 18.2 Å². The lowest BCUT2D eigenvalue weighted by Gasteiger charge is -2.28. The van der Waals surface area contributed by atoms with E-state index in [4.69, 9.17) is 4.42 Å². The molecule has 2 aromatic rings. The van der Waals surface area contributed by atoms with Gasteiger partial charge in [-0.15, -0.1) is 0 Å². The number of hydrogen-bond donors (Lipinski definition) is 1.